The molecule has 4 rings (SSSR count). The summed E-state index contributed by atoms with van der Waals surface area (Å²) in [5, 5.41) is 10.5. The van der Waals surface area contributed by atoms with E-state index in [2.05, 4.69) is 4.98 Å². The van der Waals surface area contributed by atoms with Crippen LogP contribution in [0.15, 0.2) is 36.7 Å². The van der Waals surface area contributed by atoms with Gasteiger partial charge in [-0.3, -0.25) is 9.78 Å². The summed E-state index contributed by atoms with van der Waals surface area (Å²) in [5.41, 5.74) is 2.34. The van der Waals surface area contributed by atoms with Crippen LogP contribution in [-0.4, -0.2) is 28.8 Å². The number of ketones is 1. The zero-order valence-electron chi connectivity index (χ0n) is 15.8. The number of benzene rings is 1. The van der Waals surface area contributed by atoms with Crippen LogP contribution in [0.1, 0.15) is 59.5 Å². The van der Waals surface area contributed by atoms with Crippen LogP contribution in [0.25, 0.3) is 0 Å². The Hall–Kier alpha value is -2.69. The van der Waals surface area contributed by atoms with Crippen molar-refractivity contribution in [3.63, 3.8) is 0 Å². The minimum absolute atomic E-state index is 0.0477. The number of Topliss-reactive ketones (excluding diaryl/α,β-unsaturated/α-hetero) is 1. The molecule has 2 aliphatic rings. The maximum atomic E-state index is 12.8. The first-order chi connectivity index (χ1) is 13.7. The third kappa shape index (κ3) is 3.53. The summed E-state index contributed by atoms with van der Waals surface area (Å²) in [7, 11) is 0. The summed E-state index contributed by atoms with van der Waals surface area (Å²) in [5.74, 6) is -0.165. The number of aromatic nitrogens is 1. The molecule has 1 heterocycles. The first kappa shape index (κ1) is 18.7. The van der Waals surface area contributed by atoms with Crippen molar-refractivity contribution in [2.45, 2.75) is 44.4 Å². The Kier molecular flexibility index (Phi) is 5.42. The molecule has 2 aliphatic carbocycles. The minimum atomic E-state index is -0.630. The number of aldehydes is 1. The second-order valence-corrected chi connectivity index (χ2v) is 7.80. The molecule has 2 aromatic rings. The number of hydrogen-bond acceptors (Lipinski definition) is 5. The fourth-order valence-corrected chi connectivity index (χ4v) is 4.78. The molecule has 28 heavy (non-hydrogen) atoms. The number of rotatable bonds is 6. The highest BCUT2D eigenvalue weighted by Gasteiger charge is 2.44. The molecule has 0 aliphatic heterocycles. The van der Waals surface area contributed by atoms with Gasteiger partial charge in [0.15, 0.2) is 5.78 Å². The van der Waals surface area contributed by atoms with E-state index in [0.717, 1.165) is 55.9 Å². The highest BCUT2D eigenvalue weighted by atomic mass is 16.5. The van der Waals surface area contributed by atoms with Crippen molar-refractivity contribution in [1.29, 1.82) is 0 Å². The molecule has 0 bridgehead atoms. The molecule has 0 radical (unpaired) electrons. The Morgan fingerprint density at radius 1 is 1.25 bits per heavy atom. The van der Waals surface area contributed by atoms with E-state index >= 15 is 0 Å². The zero-order chi connectivity index (χ0) is 19.5. The molecule has 1 aromatic carbocycles. The number of pyridine rings is 1. The molecule has 1 unspecified atom stereocenters. The Bertz CT molecular complexity index is 864. The number of carbonyl (C=O) groups is 2. The summed E-state index contributed by atoms with van der Waals surface area (Å²) in [6.45, 7) is 0.520. The fraction of sp³-hybridized carbons (Fsp3) is 0.435. The van der Waals surface area contributed by atoms with Crippen molar-refractivity contribution >= 4 is 12.1 Å². The van der Waals surface area contributed by atoms with Gasteiger partial charge in [0.25, 0.3) is 0 Å². The first-order valence-electron chi connectivity index (χ1n) is 10.1. The van der Waals surface area contributed by atoms with Crippen molar-refractivity contribution in [1.82, 2.24) is 4.98 Å². The average molecular weight is 379 g/mol. The van der Waals surface area contributed by atoms with Gasteiger partial charge in [-0.15, -0.1) is 0 Å². The van der Waals surface area contributed by atoms with Crippen LogP contribution in [-0.2, 0) is 11.2 Å². The number of carbonyl (C=O) groups excluding carboxylic acids is 2. The molecule has 3 atom stereocenters. The maximum absolute atomic E-state index is 12.8. The molecule has 0 saturated heterocycles. The maximum Gasteiger partial charge on any atom is 0.177 e. The van der Waals surface area contributed by atoms with Crippen molar-refractivity contribution in [2.75, 3.05) is 6.61 Å². The molecule has 5 heteroatoms. The van der Waals surface area contributed by atoms with Crippen LogP contribution < -0.4 is 4.74 Å². The normalized spacial score (nSPS) is 23.6. The van der Waals surface area contributed by atoms with Gasteiger partial charge < -0.3 is 14.6 Å². The number of fused-ring (bicyclic) bond motifs is 3. The molecule has 1 fully saturated rings. The van der Waals surface area contributed by atoms with Crippen molar-refractivity contribution < 1.29 is 19.4 Å². The molecule has 5 nitrogen and oxygen atoms in total. The monoisotopic (exact) mass is 379 g/mol. The number of hydrogen-bond donors (Lipinski definition) is 1. The van der Waals surface area contributed by atoms with Gasteiger partial charge in [-0.25, -0.2) is 0 Å². The van der Waals surface area contributed by atoms with Crippen molar-refractivity contribution in [2.24, 2.45) is 11.8 Å². The Morgan fingerprint density at radius 2 is 2.11 bits per heavy atom. The van der Waals surface area contributed by atoms with E-state index in [1.54, 1.807) is 6.20 Å². The molecule has 0 amide bonds. The topological polar surface area (TPSA) is 76.5 Å². The number of phenols is 1. The van der Waals surface area contributed by atoms with Gasteiger partial charge in [0.2, 0.25) is 0 Å². The minimum Gasteiger partial charge on any atom is -0.507 e. The van der Waals surface area contributed by atoms with E-state index in [9.17, 15) is 14.7 Å². The second kappa shape index (κ2) is 8.13. The number of ether oxygens (including phenoxy) is 1. The third-order valence-corrected chi connectivity index (χ3v) is 6.10. The summed E-state index contributed by atoms with van der Waals surface area (Å²) in [6, 6.07) is 7.37. The average Bonchev–Trinajstić information content (AvgIpc) is 2.72. The standard InChI is InChI=1S/C23H25NO4/c25-14-20-18-8-2-1-7-17(18)19-11-16(12-21(26)22(19)23(20)27)28-10-4-6-15-5-3-9-24-13-15/h3,5,9,11-14,17-18,20,26H,1-2,4,6-8,10H2/t17-,18-,20?/m1/s1. The predicted octanol–water partition coefficient (Wildman–Crippen LogP) is 4.08. The smallest absolute Gasteiger partial charge is 0.177 e. The van der Waals surface area contributed by atoms with Crippen molar-refractivity contribution in [3.8, 4) is 11.5 Å². The quantitative estimate of drug-likeness (QED) is 0.465. The molecular weight excluding hydrogens is 354 g/mol. The highest BCUT2D eigenvalue weighted by Crippen LogP contribution is 2.50. The van der Waals surface area contributed by atoms with E-state index in [0.29, 0.717) is 17.9 Å². The summed E-state index contributed by atoms with van der Waals surface area (Å²) in [6.07, 6.45) is 10.0. The zero-order valence-corrected chi connectivity index (χ0v) is 15.8. The molecule has 1 aromatic heterocycles. The Labute approximate surface area is 164 Å². The first-order valence-corrected chi connectivity index (χ1v) is 10.1. The second-order valence-electron chi connectivity index (χ2n) is 7.80. The fourth-order valence-electron chi connectivity index (χ4n) is 4.78. The Balaban J connectivity index is 1.51. The molecule has 146 valence electrons. The van der Waals surface area contributed by atoms with E-state index < -0.39 is 5.92 Å². The van der Waals surface area contributed by atoms with Gasteiger partial charge in [0.1, 0.15) is 17.8 Å². The largest absolute Gasteiger partial charge is 0.507 e. The van der Waals surface area contributed by atoms with E-state index in [4.69, 9.17) is 4.74 Å². The molecule has 0 spiro atoms. The lowest BCUT2D eigenvalue weighted by Crippen LogP contribution is -2.37. The van der Waals surface area contributed by atoms with Crippen LogP contribution in [0.5, 0.6) is 11.5 Å². The van der Waals surface area contributed by atoms with Crippen LogP contribution in [0.2, 0.25) is 0 Å². The van der Waals surface area contributed by atoms with Gasteiger partial charge in [0.05, 0.1) is 18.1 Å². The Morgan fingerprint density at radius 3 is 2.89 bits per heavy atom. The van der Waals surface area contributed by atoms with Gasteiger partial charge in [-0.1, -0.05) is 18.9 Å². The van der Waals surface area contributed by atoms with Gasteiger partial charge >= 0.3 is 0 Å². The van der Waals surface area contributed by atoms with E-state index in [1.165, 1.54) is 6.07 Å². The van der Waals surface area contributed by atoms with Crippen LogP contribution in [0.4, 0.5) is 0 Å². The number of aromatic hydroxyl groups is 1. The number of aryl methyl sites for hydroxylation is 1. The predicted molar refractivity (Wildman–Crippen MR) is 105 cm³/mol. The third-order valence-electron chi connectivity index (χ3n) is 6.10. The van der Waals surface area contributed by atoms with E-state index in [-0.39, 0.29) is 23.4 Å². The summed E-state index contributed by atoms with van der Waals surface area (Å²) >= 11 is 0. The van der Waals surface area contributed by atoms with Gasteiger partial charge in [-0.2, -0.15) is 0 Å². The molecule has 1 saturated carbocycles. The summed E-state index contributed by atoms with van der Waals surface area (Å²) in [4.78, 5) is 28.5. The number of nitrogens with zero attached hydrogens (tertiary/aromatic N) is 1. The highest BCUT2D eigenvalue weighted by molar-refractivity contribution is 6.09. The van der Waals surface area contributed by atoms with Crippen LogP contribution in [0.3, 0.4) is 0 Å². The van der Waals surface area contributed by atoms with Crippen LogP contribution >= 0.6 is 0 Å². The number of phenolic OH excluding ortho intramolecular Hbond substituents is 1. The van der Waals surface area contributed by atoms with Crippen molar-refractivity contribution in [3.05, 3.63) is 53.3 Å². The molecule has 1 N–H and O–H groups in total. The van der Waals surface area contributed by atoms with Gasteiger partial charge in [-0.05, 0) is 60.8 Å². The lowest BCUT2D eigenvalue weighted by molar-refractivity contribution is -0.111. The van der Waals surface area contributed by atoms with E-state index in [1.807, 2.05) is 24.4 Å². The molecular formula is C23H25NO4. The lowest BCUT2D eigenvalue weighted by atomic mass is 9.63. The lowest BCUT2D eigenvalue weighted by Gasteiger charge is -2.39. The SMILES string of the molecule is O=CC1C(=O)c2c(O)cc(OCCCc3cccnc3)cc2[C@@H]2CCCC[C@@H]12. The van der Waals surface area contributed by atoms with Crippen LogP contribution in [0, 0.1) is 11.8 Å². The van der Waals surface area contributed by atoms with Gasteiger partial charge in [0, 0.05) is 18.5 Å². The summed E-state index contributed by atoms with van der Waals surface area (Å²) < 4.78 is 5.88.